The van der Waals surface area contributed by atoms with E-state index in [2.05, 4.69) is 22.2 Å². The van der Waals surface area contributed by atoms with Crippen LogP contribution in [0.4, 0.5) is 8.78 Å². The van der Waals surface area contributed by atoms with E-state index in [9.17, 15) is 23.5 Å². The largest absolute Gasteiger partial charge is 0.484 e. The average molecular weight is 440 g/mol. The first-order valence-corrected chi connectivity index (χ1v) is 9.24. The van der Waals surface area contributed by atoms with E-state index < -0.39 is 35.6 Å². The Morgan fingerprint density at radius 3 is 2.73 bits per heavy atom. The van der Waals surface area contributed by atoms with Gasteiger partial charge in [-0.3, -0.25) is 14.6 Å². The van der Waals surface area contributed by atoms with Crippen molar-refractivity contribution in [1.82, 2.24) is 15.6 Å². The minimum absolute atomic E-state index is 0.0497. The highest BCUT2D eigenvalue weighted by molar-refractivity contribution is 6.30. The van der Waals surface area contributed by atoms with Gasteiger partial charge in [0.2, 0.25) is 0 Å². The van der Waals surface area contributed by atoms with Gasteiger partial charge in [-0.1, -0.05) is 17.7 Å². The lowest BCUT2D eigenvalue weighted by Crippen LogP contribution is -2.40. The van der Waals surface area contributed by atoms with Gasteiger partial charge in [0, 0.05) is 30.9 Å². The van der Waals surface area contributed by atoms with Gasteiger partial charge in [-0.05, 0) is 24.6 Å². The molecule has 1 heterocycles. The van der Waals surface area contributed by atoms with Crippen molar-refractivity contribution in [3.8, 4) is 5.75 Å². The molecule has 2 rings (SSSR count). The van der Waals surface area contributed by atoms with Crippen molar-refractivity contribution >= 4 is 23.4 Å². The summed E-state index contributed by atoms with van der Waals surface area (Å²) in [7, 11) is 0. The smallest absolute Gasteiger partial charge is 0.270 e. The number of hydrogen-bond donors (Lipinski definition) is 3. The molecule has 0 saturated carbocycles. The van der Waals surface area contributed by atoms with Crippen LogP contribution in [0.1, 0.15) is 16.9 Å². The number of aliphatic hydroxyl groups excluding tert-OH is 1. The standard InChI is InChI=1S/C20H20ClF2N3O4/c1-2-13(26-20(29)18-7-12(22)5-6-24-18)8-14(27)10-25-19(28)11-30-15-3-4-16(21)17(23)9-15/h2-7,9,13-14,27H,1,8,10-11H2,(H,25,28)(H,26,29). The molecule has 30 heavy (non-hydrogen) atoms. The van der Waals surface area contributed by atoms with Gasteiger partial charge >= 0.3 is 0 Å². The fourth-order valence-electron chi connectivity index (χ4n) is 2.36. The fourth-order valence-corrected chi connectivity index (χ4v) is 2.48. The van der Waals surface area contributed by atoms with Crippen molar-refractivity contribution in [3.05, 3.63) is 71.5 Å². The van der Waals surface area contributed by atoms with E-state index >= 15 is 0 Å². The van der Waals surface area contributed by atoms with Gasteiger partial charge < -0.3 is 20.5 Å². The number of benzene rings is 1. The number of nitrogens with one attached hydrogen (secondary N) is 2. The highest BCUT2D eigenvalue weighted by Crippen LogP contribution is 2.20. The van der Waals surface area contributed by atoms with E-state index in [4.69, 9.17) is 16.3 Å². The topological polar surface area (TPSA) is 101 Å². The van der Waals surface area contributed by atoms with Gasteiger partial charge in [-0.15, -0.1) is 6.58 Å². The average Bonchev–Trinajstić information content (AvgIpc) is 2.72. The Bertz CT molecular complexity index is 913. The molecule has 0 spiro atoms. The molecular weight excluding hydrogens is 420 g/mol. The molecule has 10 heteroatoms. The molecule has 2 aromatic rings. The molecule has 0 aliphatic heterocycles. The number of aromatic nitrogens is 1. The highest BCUT2D eigenvalue weighted by atomic mass is 35.5. The first-order valence-electron chi connectivity index (χ1n) is 8.86. The molecule has 1 aromatic carbocycles. The van der Waals surface area contributed by atoms with Crippen molar-refractivity contribution in [3.63, 3.8) is 0 Å². The van der Waals surface area contributed by atoms with Crippen LogP contribution in [0.2, 0.25) is 5.02 Å². The lowest BCUT2D eigenvalue weighted by atomic mass is 10.1. The molecule has 2 amide bonds. The SMILES string of the molecule is C=CC(CC(O)CNC(=O)COc1ccc(Cl)c(F)c1)NC(=O)c1cc(F)ccn1. The summed E-state index contributed by atoms with van der Waals surface area (Å²) >= 11 is 5.56. The number of aliphatic hydroxyl groups is 1. The van der Waals surface area contributed by atoms with Crippen molar-refractivity contribution in [2.24, 2.45) is 0 Å². The summed E-state index contributed by atoms with van der Waals surface area (Å²) < 4.78 is 31.7. The molecule has 0 fully saturated rings. The lowest BCUT2D eigenvalue weighted by Gasteiger charge is -2.19. The van der Waals surface area contributed by atoms with Crippen LogP contribution in [-0.2, 0) is 4.79 Å². The van der Waals surface area contributed by atoms with Gasteiger partial charge in [0.05, 0.1) is 11.1 Å². The quantitative estimate of drug-likeness (QED) is 0.493. The van der Waals surface area contributed by atoms with E-state index in [1.807, 2.05) is 0 Å². The molecule has 3 N–H and O–H groups in total. The zero-order valence-corrected chi connectivity index (χ0v) is 16.5. The number of pyridine rings is 1. The predicted molar refractivity (Wildman–Crippen MR) is 106 cm³/mol. The van der Waals surface area contributed by atoms with Crippen LogP contribution in [0.5, 0.6) is 5.75 Å². The molecule has 0 radical (unpaired) electrons. The molecule has 2 atom stereocenters. The molecule has 0 saturated heterocycles. The van der Waals surface area contributed by atoms with E-state index in [1.54, 1.807) is 0 Å². The van der Waals surface area contributed by atoms with Gasteiger partial charge in [-0.2, -0.15) is 0 Å². The molecule has 7 nitrogen and oxygen atoms in total. The van der Waals surface area contributed by atoms with Crippen LogP contribution in [0.3, 0.4) is 0 Å². The van der Waals surface area contributed by atoms with E-state index in [0.29, 0.717) is 0 Å². The lowest BCUT2D eigenvalue weighted by molar-refractivity contribution is -0.123. The van der Waals surface area contributed by atoms with E-state index in [0.717, 1.165) is 24.4 Å². The maximum absolute atomic E-state index is 13.3. The number of halogens is 3. The number of carbonyl (C=O) groups is 2. The second-order valence-electron chi connectivity index (χ2n) is 6.23. The summed E-state index contributed by atoms with van der Waals surface area (Å²) in [6, 6.07) is 5.23. The highest BCUT2D eigenvalue weighted by Gasteiger charge is 2.17. The second-order valence-corrected chi connectivity index (χ2v) is 6.64. The first-order chi connectivity index (χ1) is 14.3. The van der Waals surface area contributed by atoms with Crippen LogP contribution < -0.4 is 15.4 Å². The minimum Gasteiger partial charge on any atom is -0.484 e. The van der Waals surface area contributed by atoms with Gasteiger partial charge in [0.25, 0.3) is 11.8 Å². The Morgan fingerprint density at radius 2 is 2.07 bits per heavy atom. The molecule has 160 valence electrons. The minimum atomic E-state index is -1.01. The summed E-state index contributed by atoms with van der Waals surface area (Å²) in [6.07, 6.45) is 1.61. The van der Waals surface area contributed by atoms with Crippen LogP contribution in [0.15, 0.2) is 49.2 Å². The van der Waals surface area contributed by atoms with Crippen molar-refractivity contribution < 1.29 is 28.2 Å². The van der Waals surface area contributed by atoms with Crippen LogP contribution in [0.25, 0.3) is 0 Å². The molecule has 0 aliphatic rings. The van der Waals surface area contributed by atoms with Gasteiger partial charge in [-0.25, -0.2) is 8.78 Å². The summed E-state index contributed by atoms with van der Waals surface area (Å²) in [5, 5.41) is 15.0. The Hall–Kier alpha value is -3.04. The Labute approximate surface area is 176 Å². The maximum atomic E-state index is 13.3. The van der Waals surface area contributed by atoms with Crippen molar-refractivity contribution in [1.29, 1.82) is 0 Å². The van der Waals surface area contributed by atoms with Crippen LogP contribution in [-0.4, -0.2) is 47.2 Å². The molecule has 0 bridgehead atoms. The summed E-state index contributed by atoms with van der Waals surface area (Å²) in [4.78, 5) is 27.7. The summed E-state index contributed by atoms with van der Waals surface area (Å²) in [5.74, 6) is -2.30. The number of rotatable bonds is 10. The molecule has 0 aliphatic carbocycles. The third-order valence-electron chi connectivity index (χ3n) is 3.88. The van der Waals surface area contributed by atoms with Crippen molar-refractivity contribution in [2.75, 3.05) is 13.2 Å². The Kier molecular flexibility index (Phi) is 8.70. The third-order valence-corrected chi connectivity index (χ3v) is 4.18. The first kappa shape index (κ1) is 23.2. The third kappa shape index (κ3) is 7.41. The monoisotopic (exact) mass is 439 g/mol. The maximum Gasteiger partial charge on any atom is 0.270 e. The number of nitrogens with zero attached hydrogens (tertiary/aromatic N) is 1. The number of hydrogen-bond acceptors (Lipinski definition) is 5. The zero-order chi connectivity index (χ0) is 22.1. The normalized spacial score (nSPS) is 12.5. The molecule has 1 aromatic heterocycles. The van der Waals surface area contributed by atoms with E-state index in [-0.39, 0.29) is 36.0 Å². The van der Waals surface area contributed by atoms with Crippen molar-refractivity contribution in [2.45, 2.75) is 18.6 Å². The second kappa shape index (κ2) is 11.2. The summed E-state index contributed by atoms with van der Waals surface area (Å²) in [5.41, 5.74) is -0.111. The molecular formula is C20H20ClF2N3O4. The van der Waals surface area contributed by atoms with Crippen LogP contribution >= 0.6 is 11.6 Å². The Morgan fingerprint density at radius 1 is 1.30 bits per heavy atom. The predicted octanol–water partition coefficient (Wildman–Crippen LogP) is 2.24. The number of ether oxygens (including phenoxy) is 1. The van der Waals surface area contributed by atoms with Gasteiger partial charge in [0.15, 0.2) is 6.61 Å². The Balaban J connectivity index is 1.75. The number of amides is 2. The molecule has 2 unspecified atom stereocenters. The fraction of sp³-hybridized carbons (Fsp3) is 0.250. The zero-order valence-electron chi connectivity index (χ0n) is 15.8. The number of carbonyl (C=O) groups excluding carboxylic acids is 2. The van der Waals surface area contributed by atoms with E-state index in [1.165, 1.54) is 18.2 Å². The van der Waals surface area contributed by atoms with Crippen LogP contribution in [0, 0.1) is 11.6 Å². The van der Waals surface area contributed by atoms with Gasteiger partial charge in [0.1, 0.15) is 23.1 Å². The summed E-state index contributed by atoms with van der Waals surface area (Å²) in [6.45, 7) is 3.08.